The van der Waals surface area contributed by atoms with Crippen molar-refractivity contribution >= 4 is 11.9 Å². The van der Waals surface area contributed by atoms with E-state index < -0.39 is 5.91 Å². The van der Waals surface area contributed by atoms with E-state index in [9.17, 15) is 9.59 Å². The highest BCUT2D eigenvalue weighted by Gasteiger charge is 2.12. The average molecular weight is 202 g/mol. The molecule has 0 aromatic heterocycles. The van der Waals surface area contributed by atoms with E-state index in [-0.39, 0.29) is 19.1 Å². The molecule has 0 aliphatic carbocycles. The van der Waals surface area contributed by atoms with Crippen LogP contribution in [0.1, 0.15) is 20.3 Å². The lowest BCUT2D eigenvalue weighted by atomic mass is 10.4. The molecule has 0 saturated carbocycles. The van der Waals surface area contributed by atoms with Crippen molar-refractivity contribution in [2.45, 2.75) is 20.3 Å². The van der Waals surface area contributed by atoms with Crippen LogP contribution in [0.25, 0.3) is 0 Å². The van der Waals surface area contributed by atoms with Gasteiger partial charge in [-0.3, -0.25) is 14.5 Å². The van der Waals surface area contributed by atoms with Crippen LogP contribution >= 0.6 is 0 Å². The van der Waals surface area contributed by atoms with Crippen LogP contribution in [-0.4, -0.2) is 43.0 Å². The van der Waals surface area contributed by atoms with Crippen LogP contribution in [-0.2, 0) is 14.3 Å². The Hall–Kier alpha value is -1.10. The largest absolute Gasteiger partial charge is 0.465 e. The van der Waals surface area contributed by atoms with E-state index in [1.165, 1.54) is 0 Å². The Bertz CT molecular complexity index is 194. The van der Waals surface area contributed by atoms with Crippen LogP contribution in [0.15, 0.2) is 0 Å². The summed E-state index contributed by atoms with van der Waals surface area (Å²) in [7, 11) is 0. The second-order valence-electron chi connectivity index (χ2n) is 2.98. The molecule has 0 radical (unpaired) electrons. The van der Waals surface area contributed by atoms with E-state index in [0.29, 0.717) is 13.2 Å². The number of carbonyl (C=O) groups is 2. The van der Waals surface area contributed by atoms with Gasteiger partial charge in [0.1, 0.15) is 0 Å². The van der Waals surface area contributed by atoms with Gasteiger partial charge in [0.05, 0.1) is 19.7 Å². The number of esters is 1. The summed E-state index contributed by atoms with van der Waals surface area (Å²) in [5.74, 6) is -0.745. The quantitative estimate of drug-likeness (QED) is 0.578. The molecule has 5 heteroatoms. The van der Waals surface area contributed by atoms with Gasteiger partial charge in [0, 0.05) is 0 Å². The molecule has 0 aromatic rings. The number of hydrogen-bond donors (Lipinski definition) is 1. The first kappa shape index (κ1) is 12.9. The fourth-order valence-corrected chi connectivity index (χ4v) is 1.14. The molecule has 5 nitrogen and oxygen atoms in total. The second-order valence-corrected chi connectivity index (χ2v) is 2.98. The molecule has 0 atom stereocenters. The average Bonchev–Trinajstić information content (AvgIpc) is 2.03. The number of rotatable bonds is 7. The molecule has 0 aliphatic rings. The Labute approximate surface area is 84.2 Å². The summed E-state index contributed by atoms with van der Waals surface area (Å²) in [6.07, 6.45) is 0.868. The molecular formula is C9H18N2O3. The van der Waals surface area contributed by atoms with Crippen LogP contribution in [0.4, 0.5) is 0 Å². The van der Waals surface area contributed by atoms with Crippen molar-refractivity contribution in [3.63, 3.8) is 0 Å². The molecule has 1 amide bonds. The van der Waals surface area contributed by atoms with Gasteiger partial charge in [-0.05, 0) is 19.9 Å². The summed E-state index contributed by atoms with van der Waals surface area (Å²) < 4.78 is 4.77. The molecule has 0 bridgehead atoms. The lowest BCUT2D eigenvalue weighted by molar-refractivity contribution is -0.144. The zero-order valence-electron chi connectivity index (χ0n) is 8.78. The smallest absolute Gasteiger partial charge is 0.320 e. The molecule has 82 valence electrons. The number of nitrogens with zero attached hydrogens (tertiary/aromatic N) is 1. The highest BCUT2D eigenvalue weighted by atomic mass is 16.5. The maximum Gasteiger partial charge on any atom is 0.320 e. The lowest BCUT2D eigenvalue weighted by Gasteiger charge is -2.18. The Morgan fingerprint density at radius 2 is 1.93 bits per heavy atom. The van der Waals surface area contributed by atoms with Crippen LogP contribution in [0, 0.1) is 0 Å². The first-order valence-corrected chi connectivity index (χ1v) is 4.76. The summed E-state index contributed by atoms with van der Waals surface area (Å²) in [5.41, 5.74) is 5.04. The number of amides is 1. The molecule has 0 saturated heterocycles. The van der Waals surface area contributed by atoms with Crippen molar-refractivity contribution in [2.24, 2.45) is 5.73 Å². The van der Waals surface area contributed by atoms with E-state index in [4.69, 9.17) is 10.5 Å². The van der Waals surface area contributed by atoms with Gasteiger partial charge in [-0.25, -0.2) is 0 Å². The molecule has 2 N–H and O–H groups in total. The summed E-state index contributed by atoms with van der Waals surface area (Å²) in [6, 6.07) is 0. The normalized spacial score (nSPS) is 10.2. The van der Waals surface area contributed by atoms with Gasteiger partial charge in [0.15, 0.2) is 0 Å². The van der Waals surface area contributed by atoms with Gasteiger partial charge in [0.25, 0.3) is 0 Å². The van der Waals surface area contributed by atoms with Crippen molar-refractivity contribution in [1.82, 2.24) is 4.90 Å². The van der Waals surface area contributed by atoms with E-state index in [0.717, 1.165) is 6.42 Å². The van der Waals surface area contributed by atoms with Crippen molar-refractivity contribution in [1.29, 1.82) is 0 Å². The number of primary amides is 1. The number of ether oxygens (including phenoxy) is 1. The summed E-state index contributed by atoms with van der Waals surface area (Å²) in [4.78, 5) is 23.4. The van der Waals surface area contributed by atoms with Gasteiger partial charge in [-0.15, -0.1) is 0 Å². The van der Waals surface area contributed by atoms with Crippen molar-refractivity contribution in [2.75, 3.05) is 26.2 Å². The number of carbonyl (C=O) groups excluding carboxylic acids is 2. The van der Waals surface area contributed by atoms with E-state index in [1.54, 1.807) is 11.8 Å². The Morgan fingerprint density at radius 1 is 1.29 bits per heavy atom. The summed E-state index contributed by atoms with van der Waals surface area (Å²) in [5, 5.41) is 0. The van der Waals surface area contributed by atoms with Crippen LogP contribution in [0.2, 0.25) is 0 Å². The third kappa shape index (κ3) is 6.42. The number of hydrogen-bond acceptors (Lipinski definition) is 4. The minimum atomic E-state index is -0.428. The van der Waals surface area contributed by atoms with Gasteiger partial charge in [0.2, 0.25) is 5.91 Å². The van der Waals surface area contributed by atoms with E-state index in [1.807, 2.05) is 6.92 Å². The predicted molar refractivity (Wildman–Crippen MR) is 52.6 cm³/mol. The van der Waals surface area contributed by atoms with E-state index in [2.05, 4.69) is 0 Å². The topological polar surface area (TPSA) is 72.6 Å². The highest BCUT2D eigenvalue weighted by molar-refractivity contribution is 5.77. The van der Waals surface area contributed by atoms with Crippen molar-refractivity contribution in [3.05, 3.63) is 0 Å². The van der Waals surface area contributed by atoms with Crippen molar-refractivity contribution in [3.8, 4) is 0 Å². The summed E-state index contributed by atoms with van der Waals surface area (Å²) >= 11 is 0. The Balaban J connectivity index is 3.94. The molecular weight excluding hydrogens is 184 g/mol. The third-order valence-corrected chi connectivity index (χ3v) is 1.58. The highest BCUT2D eigenvalue weighted by Crippen LogP contribution is 1.92. The summed E-state index contributed by atoms with van der Waals surface area (Å²) in [6.45, 7) is 4.98. The monoisotopic (exact) mass is 202 g/mol. The first-order valence-electron chi connectivity index (χ1n) is 4.76. The Kier molecular flexibility index (Phi) is 6.74. The van der Waals surface area contributed by atoms with Gasteiger partial charge >= 0.3 is 5.97 Å². The standard InChI is InChI=1S/C9H18N2O3/c1-3-5-11(6-8(10)12)7-9(13)14-4-2/h3-7H2,1-2H3,(H2,10,12). The minimum absolute atomic E-state index is 0.104. The van der Waals surface area contributed by atoms with Gasteiger partial charge in [-0.2, -0.15) is 0 Å². The predicted octanol–water partition coefficient (Wildman–Crippen LogP) is -0.253. The fourth-order valence-electron chi connectivity index (χ4n) is 1.14. The third-order valence-electron chi connectivity index (χ3n) is 1.58. The minimum Gasteiger partial charge on any atom is -0.465 e. The molecule has 0 heterocycles. The van der Waals surface area contributed by atoms with Gasteiger partial charge in [-0.1, -0.05) is 6.92 Å². The van der Waals surface area contributed by atoms with Gasteiger partial charge < -0.3 is 10.5 Å². The molecule has 0 aliphatic heterocycles. The van der Waals surface area contributed by atoms with E-state index >= 15 is 0 Å². The SMILES string of the molecule is CCCN(CC(N)=O)CC(=O)OCC. The molecule has 14 heavy (non-hydrogen) atoms. The molecule has 0 rings (SSSR count). The zero-order chi connectivity index (χ0) is 11.0. The molecule has 0 unspecified atom stereocenters. The number of nitrogens with two attached hydrogens (primary N) is 1. The Morgan fingerprint density at radius 3 is 2.36 bits per heavy atom. The zero-order valence-corrected chi connectivity index (χ0v) is 8.78. The fraction of sp³-hybridized carbons (Fsp3) is 0.778. The lowest BCUT2D eigenvalue weighted by Crippen LogP contribution is -2.38. The second kappa shape index (κ2) is 7.32. The van der Waals surface area contributed by atoms with Crippen molar-refractivity contribution < 1.29 is 14.3 Å². The van der Waals surface area contributed by atoms with Crippen LogP contribution in [0.5, 0.6) is 0 Å². The van der Waals surface area contributed by atoms with Crippen LogP contribution in [0.3, 0.4) is 0 Å². The first-order chi connectivity index (χ1) is 6.60. The maximum absolute atomic E-state index is 11.1. The molecule has 0 fully saturated rings. The maximum atomic E-state index is 11.1. The molecule has 0 aromatic carbocycles. The van der Waals surface area contributed by atoms with Crippen LogP contribution < -0.4 is 5.73 Å². The molecule has 0 spiro atoms.